The molecular formula is C19H14Cl2N4O2. The third-order valence-corrected chi connectivity index (χ3v) is 4.78. The number of terminal acetylenes is 1. The summed E-state index contributed by atoms with van der Waals surface area (Å²) < 4.78 is 3.98. The van der Waals surface area contributed by atoms with Crippen molar-refractivity contribution in [2.24, 2.45) is 7.05 Å². The Hall–Kier alpha value is -2.93. The maximum absolute atomic E-state index is 12.7. The van der Waals surface area contributed by atoms with Crippen molar-refractivity contribution >= 4 is 34.4 Å². The molecule has 0 amide bonds. The first kappa shape index (κ1) is 18.8. The zero-order chi connectivity index (χ0) is 19.7. The van der Waals surface area contributed by atoms with Crippen LogP contribution in [-0.4, -0.2) is 18.7 Å². The van der Waals surface area contributed by atoms with E-state index in [1.54, 1.807) is 36.7 Å². The number of halogens is 2. The highest BCUT2D eigenvalue weighted by Crippen LogP contribution is 2.22. The summed E-state index contributed by atoms with van der Waals surface area (Å²) in [6, 6.07) is 5.02. The van der Waals surface area contributed by atoms with Crippen molar-refractivity contribution in [2.45, 2.75) is 20.0 Å². The quantitative estimate of drug-likeness (QED) is 0.619. The summed E-state index contributed by atoms with van der Waals surface area (Å²) in [5.41, 5.74) is 0.214. The zero-order valence-electron chi connectivity index (χ0n) is 14.6. The Morgan fingerprint density at radius 2 is 1.89 bits per heavy atom. The number of hydrogen-bond acceptors (Lipinski definition) is 3. The molecule has 0 saturated heterocycles. The predicted molar refractivity (Wildman–Crippen MR) is 106 cm³/mol. The van der Waals surface area contributed by atoms with E-state index in [9.17, 15) is 9.59 Å². The van der Waals surface area contributed by atoms with Crippen LogP contribution in [0.4, 0.5) is 0 Å². The van der Waals surface area contributed by atoms with Crippen LogP contribution in [-0.2, 0) is 20.1 Å². The lowest BCUT2D eigenvalue weighted by Gasteiger charge is -2.07. The molecule has 0 N–H and O–H groups in total. The second kappa shape index (κ2) is 7.36. The van der Waals surface area contributed by atoms with Gasteiger partial charge in [-0.25, -0.2) is 14.3 Å². The van der Waals surface area contributed by atoms with Crippen LogP contribution in [0.2, 0.25) is 10.0 Å². The monoisotopic (exact) mass is 400 g/mol. The molecule has 0 aliphatic carbocycles. The van der Waals surface area contributed by atoms with Gasteiger partial charge in [0.05, 0.1) is 16.6 Å². The fourth-order valence-corrected chi connectivity index (χ4v) is 2.99. The van der Waals surface area contributed by atoms with Gasteiger partial charge in [-0.15, -0.1) is 6.42 Å². The molecule has 136 valence electrons. The molecule has 3 rings (SSSR count). The molecule has 1 aromatic carbocycles. The predicted octanol–water partition coefficient (Wildman–Crippen LogP) is 2.26. The van der Waals surface area contributed by atoms with Crippen LogP contribution in [0, 0.1) is 24.2 Å². The Labute approximate surface area is 165 Å². The third-order valence-electron chi connectivity index (χ3n) is 4.05. The van der Waals surface area contributed by atoms with Crippen molar-refractivity contribution in [3.05, 3.63) is 60.5 Å². The molecule has 0 radical (unpaired) electrons. The van der Waals surface area contributed by atoms with Gasteiger partial charge in [-0.1, -0.05) is 35.0 Å². The number of aryl methyl sites for hydroxylation is 2. The molecule has 0 spiro atoms. The molecule has 2 heterocycles. The summed E-state index contributed by atoms with van der Waals surface area (Å²) in [7, 11) is 1.67. The highest BCUT2D eigenvalue weighted by atomic mass is 35.5. The Morgan fingerprint density at radius 3 is 2.52 bits per heavy atom. The number of fused-ring (bicyclic) bond motifs is 1. The maximum atomic E-state index is 12.7. The highest BCUT2D eigenvalue weighted by molar-refractivity contribution is 6.42. The van der Waals surface area contributed by atoms with E-state index in [2.05, 4.69) is 22.7 Å². The largest absolute Gasteiger partial charge is 0.333 e. The molecule has 8 heteroatoms. The van der Waals surface area contributed by atoms with Gasteiger partial charge in [0.15, 0.2) is 17.0 Å². The molecule has 27 heavy (non-hydrogen) atoms. The summed E-state index contributed by atoms with van der Waals surface area (Å²) >= 11 is 11.9. The van der Waals surface area contributed by atoms with Gasteiger partial charge in [0.2, 0.25) is 0 Å². The Bertz CT molecular complexity index is 1280. The maximum Gasteiger partial charge on any atom is 0.333 e. The van der Waals surface area contributed by atoms with Crippen molar-refractivity contribution in [3.8, 4) is 24.2 Å². The fraction of sp³-hybridized carbons (Fsp3) is 0.211. The number of imidazole rings is 1. The van der Waals surface area contributed by atoms with E-state index < -0.39 is 11.2 Å². The van der Waals surface area contributed by atoms with E-state index >= 15 is 0 Å². The summed E-state index contributed by atoms with van der Waals surface area (Å²) in [6.07, 6.45) is 5.29. The molecule has 0 aliphatic heterocycles. The number of benzene rings is 1. The van der Waals surface area contributed by atoms with Gasteiger partial charge in [0, 0.05) is 19.2 Å². The van der Waals surface area contributed by atoms with Crippen LogP contribution in [0.1, 0.15) is 18.3 Å². The number of hydrogen-bond donors (Lipinski definition) is 0. The lowest BCUT2D eigenvalue weighted by molar-refractivity contribution is 0.630. The van der Waals surface area contributed by atoms with Crippen molar-refractivity contribution in [2.75, 3.05) is 0 Å². The minimum Gasteiger partial charge on any atom is -0.314 e. The number of nitrogens with zero attached hydrogens (tertiary/aromatic N) is 4. The summed E-state index contributed by atoms with van der Waals surface area (Å²) in [6.45, 7) is 2.03. The van der Waals surface area contributed by atoms with Crippen LogP contribution < -0.4 is 11.2 Å². The van der Waals surface area contributed by atoms with Crippen LogP contribution >= 0.6 is 23.2 Å². The molecule has 0 bridgehead atoms. The van der Waals surface area contributed by atoms with Crippen LogP contribution in [0.5, 0.6) is 0 Å². The van der Waals surface area contributed by atoms with Gasteiger partial charge < -0.3 is 4.57 Å². The molecule has 2 aromatic heterocycles. The Morgan fingerprint density at radius 1 is 1.15 bits per heavy atom. The first-order chi connectivity index (χ1) is 12.9. The Balaban J connectivity index is 2.24. The second-order valence-corrected chi connectivity index (χ2v) is 6.48. The summed E-state index contributed by atoms with van der Waals surface area (Å²) in [5, 5.41) is 0.830. The Kier molecular flexibility index (Phi) is 5.14. The number of aromatic nitrogens is 4. The van der Waals surface area contributed by atoms with E-state index in [4.69, 9.17) is 29.6 Å². The van der Waals surface area contributed by atoms with Gasteiger partial charge in [-0.05, 0) is 31.0 Å². The highest BCUT2D eigenvalue weighted by Gasteiger charge is 2.18. The first-order valence-electron chi connectivity index (χ1n) is 7.99. The molecule has 0 unspecified atom stereocenters. The molecule has 0 atom stereocenters. The number of rotatable bonds is 2. The summed E-state index contributed by atoms with van der Waals surface area (Å²) in [5.74, 6) is 8.52. The van der Waals surface area contributed by atoms with Gasteiger partial charge in [0.1, 0.15) is 0 Å². The van der Waals surface area contributed by atoms with Crippen molar-refractivity contribution < 1.29 is 0 Å². The average Bonchev–Trinajstić information content (AvgIpc) is 2.96. The molecule has 0 saturated carbocycles. The van der Waals surface area contributed by atoms with Crippen LogP contribution in [0.3, 0.4) is 0 Å². The lowest BCUT2D eigenvalue weighted by atomic mass is 10.2. The van der Waals surface area contributed by atoms with E-state index in [0.717, 1.165) is 4.57 Å². The topological polar surface area (TPSA) is 61.8 Å². The second-order valence-electron chi connectivity index (χ2n) is 5.67. The smallest absolute Gasteiger partial charge is 0.314 e. The summed E-state index contributed by atoms with van der Waals surface area (Å²) in [4.78, 5) is 29.6. The molecule has 3 aromatic rings. The van der Waals surface area contributed by atoms with Crippen LogP contribution in [0.25, 0.3) is 11.2 Å². The lowest BCUT2D eigenvalue weighted by Crippen LogP contribution is -2.40. The van der Waals surface area contributed by atoms with Crippen molar-refractivity contribution in [1.29, 1.82) is 0 Å². The van der Waals surface area contributed by atoms with Gasteiger partial charge in [-0.2, -0.15) is 0 Å². The fourth-order valence-electron chi connectivity index (χ4n) is 2.69. The molecular weight excluding hydrogens is 387 g/mol. The normalized spacial score (nSPS) is 10.5. The molecule has 0 fully saturated rings. The van der Waals surface area contributed by atoms with E-state index in [0.29, 0.717) is 28.0 Å². The van der Waals surface area contributed by atoms with Gasteiger partial charge in [-0.3, -0.25) is 9.36 Å². The first-order valence-corrected chi connectivity index (χ1v) is 8.75. The molecule has 6 nitrogen and oxygen atoms in total. The van der Waals surface area contributed by atoms with Crippen LogP contribution in [0.15, 0.2) is 27.8 Å². The van der Waals surface area contributed by atoms with Crippen molar-refractivity contribution in [1.82, 2.24) is 18.7 Å². The van der Waals surface area contributed by atoms with Gasteiger partial charge in [0.25, 0.3) is 5.56 Å². The van der Waals surface area contributed by atoms with E-state index in [1.165, 1.54) is 4.57 Å². The van der Waals surface area contributed by atoms with Gasteiger partial charge >= 0.3 is 5.69 Å². The van der Waals surface area contributed by atoms with E-state index in [1.807, 2.05) is 0 Å². The van der Waals surface area contributed by atoms with Crippen molar-refractivity contribution in [3.63, 3.8) is 0 Å². The minimum absolute atomic E-state index is 0.108. The minimum atomic E-state index is -0.491. The SMILES string of the molecule is C#CCn1c(=O)c2c(nc(C#Cc3ccc(Cl)c(Cl)c3)n2C)n(CC)c1=O. The molecule has 0 aliphatic rings. The standard InChI is InChI=1S/C19H14Cl2N4O2/c1-4-10-25-18(26)16-17(24(5-2)19(25)27)22-15(23(16)3)9-7-12-6-8-13(20)14(21)11-12/h1,6,8,11H,5,10H2,2-3H3. The average molecular weight is 401 g/mol. The van der Waals surface area contributed by atoms with E-state index in [-0.39, 0.29) is 17.7 Å². The zero-order valence-corrected chi connectivity index (χ0v) is 16.1. The third kappa shape index (κ3) is 3.26.